The van der Waals surface area contributed by atoms with Gasteiger partial charge in [-0.1, -0.05) is 37.8 Å². The predicted octanol–water partition coefficient (Wildman–Crippen LogP) is 5.21. The first-order valence-electron chi connectivity index (χ1n) is 12.3. The lowest BCUT2D eigenvalue weighted by Gasteiger charge is -2.35. The molecule has 7 nitrogen and oxygen atoms in total. The molecule has 0 saturated heterocycles. The van der Waals surface area contributed by atoms with E-state index in [-0.39, 0.29) is 42.6 Å². The molecule has 2 heterocycles. The van der Waals surface area contributed by atoms with Gasteiger partial charge in [0.05, 0.1) is 11.4 Å². The highest BCUT2D eigenvalue weighted by Gasteiger charge is 2.27. The zero-order chi connectivity index (χ0) is 22.3. The van der Waals surface area contributed by atoms with Gasteiger partial charge in [-0.25, -0.2) is 9.97 Å². The monoisotopic (exact) mass is 508 g/mol. The lowest BCUT2D eigenvalue weighted by molar-refractivity contribution is 0.0943. The Hall–Kier alpha value is -2.12. The molecule has 9 heteroatoms. The van der Waals surface area contributed by atoms with Crippen molar-refractivity contribution in [3.05, 3.63) is 29.6 Å². The molecule has 1 saturated carbocycles. The van der Waals surface area contributed by atoms with Crippen molar-refractivity contribution in [1.82, 2.24) is 20.6 Å². The molecule has 0 spiro atoms. The minimum Gasteiger partial charge on any atom is -0.369 e. The molecule has 1 amide bonds. The van der Waals surface area contributed by atoms with E-state index in [1.807, 2.05) is 12.1 Å². The summed E-state index contributed by atoms with van der Waals surface area (Å²) in [6, 6.07) is 6.67. The molecule has 1 aromatic carbocycles. The summed E-state index contributed by atoms with van der Waals surface area (Å²) in [5, 5.41) is 11.3. The average molecular weight is 510 g/mol. The van der Waals surface area contributed by atoms with Crippen LogP contribution in [0, 0.1) is 6.92 Å². The van der Waals surface area contributed by atoms with E-state index in [9.17, 15) is 4.79 Å². The Bertz CT molecular complexity index is 983. The van der Waals surface area contributed by atoms with Gasteiger partial charge in [-0.3, -0.25) is 9.79 Å². The zero-order valence-electron chi connectivity index (χ0n) is 20.2. The summed E-state index contributed by atoms with van der Waals surface area (Å²) in [5.41, 5.74) is 1.95. The number of anilines is 1. The van der Waals surface area contributed by atoms with Crippen LogP contribution in [0.1, 0.15) is 80.9 Å². The lowest BCUT2D eigenvalue weighted by Crippen LogP contribution is -2.49. The first-order chi connectivity index (χ1) is 15.6. The highest BCUT2D eigenvalue weighted by atomic mass is 35.5. The van der Waals surface area contributed by atoms with Gasteiger partial charge in [-0.05, 0) is 51.2 Å². The van der Waals surface area contributed by atoms with E-state index in [2.05, 4.69) is 40.8 Å². The molecule has 3 N–H and O–H groups in total. The summed E-state index contributed by atoms with van der Waals surface area (Å²) < 4.78 is 0. The van der Waals surface area contributed by atoms with Crippen LogP contribution in [-0.4, -0.2) is 46.9 Å². The molecule has 1 aliphatic heterocycles. The number of hydrogen-bond acceptors (Lipinski definition) is 6. The molecule has 2 aromatic rings. The van der Waals surface area contributed by atoms with Crippen molar-refractivity contribution in [2.45, 2.75) is 83.7 Å². The molecule has 2 atom stereocenters. The average Bonchev–Trinajstić information content (AvgIpc) is 2.81. The molecule has 1 aromatic heterocycles. The summed E-state index contributed by atoms with van der Waals surface area (Å²) in [6.45, 7) is 5.75. The van der Waals surface area contributed by atoms with E-state index in [4.69, 9.17) is 9.98 Å². The van der Waals surface area contributed by atoms with Crippen LogP contribution >= 0.6 is 24.8 Å². The molecule has 0 unspecified atom stereocenters. The fraction of sp³-hybridized carbons (Fsp3) is 0.600. The third-order valence-electron chi connectivity index (χ3n) is 6.43. The largest absolute Gasteiger partial charge is 0.369 e. The highest BCUT2D eigenvalue weighted by Crippen LogP contribution is 2.27. The molecule has 0 radical (unpaired) electrons. The van der Waals surface area contributed by atoms with Crippen LogP contribution in [0.2, 0.25) is 0 Å². The fourth-order valence-corrected chi connectivity index (χ4v) is 4.59. The van der Waals surface area contributed by atoms with E-state index < -0.39 is 0 Å². The number of amides is 1. The number of rotatable bonds is 7. The second-order valence-electron chi connectivity index (χ2n) is 9.10. The first kappa shape index (κ1) is 28.1. The number of benzene rings is 1. The van der Waals surface area contributed by atoms with Gasteiger partial charge in [0.1, 0.15) is 5.82 Å². The number of nitrogens with one attached hydrogen (secondary N) is 3. The number of carbonyl (C=O) groups excluding carboxylic acids is 1. The van der Waals surface area contributed by atoms with E-state index in [1.54, 1.807) is 0 Å². The Morgan fingerprint density at radius 3 is 2.50 bits per heavy atom. The van der Waals surface area contributed by atoms with Crippen LogP contribution in [0.15, 0.2) is 23.2 Å². The topological polar surface area (TPSA) is 91.3 Å². The maximum absolute atomic E-state index is 12.7. The van der Waals surface area contributed by atoms with Crippen molar-refractivity contribution in [1.29, 1.82) is 0 Å². The van der Waals surface area contributed by atoms with Crippen molar-refractivity contribution in [2.75, 3.05) is 18.4 Å². The van der Waals surface area contributed by atoms with Crippen molar-refractivity contribution in [3.63, 3.8) is 0 Å². The number of halogens is 2. The summed E-state index contributed by atoms with van der Waals surface area (Å²) in [5.74, 6) is 1.92. The van der Waals surface area contributed by atoms with Gasteiger partial charge in [0, 0.05) is 37.0 Å². The quantitative estimate of drug-likeness (QED) is 0.446. The maximum atomic E-state index is 12.7. The summed E-state index contributed by atoms with van der Waals surface area (Å²) in [4.78, 5) is 26.7. The van der Waals surface area contributed by atoms with E-state index in [0.29, 0.717) is 12.6 Å². The van der Waals surface area contributed by atoms with Crippen LogP contribution in [0.25, 0.3) is 10.9 Å². The SMILES string of the molecule is CCCCNC(=O)c1nc(N[C@H]2CCCC[C@H]2NC2=NCCCC2)c2cc(C)ccc2n1.Cl.Cl. The first-order valence-corrected chi connectivity index (χ1v) is 12.3. The second kappa shape index (κ2) is 13.7. The van der Waals surface area contributed by atoms with Gasteiger partial charge < -0.3 is 16.0 Å². The van der Waals surface area contributed by atoms with Crippen LogP contribution in [-0.2, 0) is 0 Å². The molecule has 34 heavy (non-hydrogen) atoms. The normalized spacial score (nSPS) is 19.9. The smallest absolute Gasteiger partial charge is 0.289 e. The molecule has 2 aliphatic rings. The number of aliphatic imine (C=N–C) groups is 1. The van der Waals surface area contributed by atoms with E-state index in [0.717, 1.165) is 66.8 Å². The molecule has 0 bridgehead atoms. The molecule has 1 aliphatic carbocycles. The van der Waals surface area contributed by atoms with Gasteiger partial charge in [0.2, 0.25) is 5.82 Å². The molecule has 1 fully saturated rings. The predicted molar refractivity (Wildman–Crippen MR) is 145 cm³/mol. The Balaban J connectivity index is 0.00000204. The molecule has 188 valence electrons. The van der Waals surface area contributed by atoms with Gasteiger partial charge in [0.25, 0.3) is 5.91 Å². The van der Waals surface area contributed by atoms with Gasteiger partial charge >= 0.3 is 0 Å². The Labute approximate surface area is 215 Å². The van der Waals surface area contributed by atoms with Crippen LogP contribution in [0.5, 0.6) is 0 Å². The molecule has 4 rings (SSSR count). The zero-order valence-corrected chi connectivity index (χ0v) is 21.9. The molecular formula is C25H38Cl2N6O. The van der Waals surface area contributed by atoms with Crippen molar-refractivity contribution in [2.24, 2.45) is 4.99 Å². The number of aryl methyl sites for hydroxylation is 1. The third-order valence-corrected chi connectivity index (χ3v) is 6.43. The van der Waals surface area contributed by atoms with E-state index in [1.165, 1.54) is 25.7 Å². The van der Waals surface area contributed by atoms with E-state index >= 15 is 0 Å². The number of amidine groups is 1. The summed E-state index contributed by atoms with van der Waals surface area (Å²) in [6.07, 6.45) is 10.0. The van der Waals surface area contributed by atoms with Crippen molar-refractivity contribution < 1.29 is 4.79 Å². The Morgan fingerprint density at radius 1 is 1.03 bits per heavy atom. The standard InChI is InChI=1S/C25H36N6O.2ClH/c1-3-4-14-27-25(32)24-29-19-13-12-17(2)16-18(19)23(31-24)30-21-10-6-5-9-20(21)28-22-11-7-8-15-26-22;;/h12-13,16,20-21H,3-11,14-15H2,1-2H3,(H,26,28)(H,27,32)(H,29,30,31);2*1H/t20-,21+;;/m1../s1. The van der Waals surface area contributed by atoms with Crippen LogP contribution < -0.4 is 16.0 Å². The van der Waals surface area contributed by atoms with Gasteiger partial charge in [-0.15, -0.1) is 24.8 Å². The third kappa shape index (κ3) is 7.19. The minimum atomic E-state index is -0.209. The second-order valence-corrected chi connectivity index (χ2v) is 9.10. The lowest BCUT2D eigenvalue weighted by atomic mass is 9.89. The number of nitrogens with zero attached hydrogens (tertiary/aromatic N) is 3. The number of fused-ring (bicyclic) bond motifs is 1. The summed E-state index contributed by atoms with van der Waals surface area (Å²) >= 11 is 0. The maximum Gasteiger partial charge on any atom is 0.289 e. The molecular weight excluding hydrogens is 471 g/mol. The fourth-order valence-electron chi connectivity index (χ4n) is 4.59. The van der Waals surface area contributed by atoms with Crippen molar-refractivity contribution in [3.8, 4) is 0 Å². The highest BCUT2D eigenvalue weighted by molar-refractivity contribution is 5.96. The minimum absolute atomic E-state index is 0. The summed E-state index contributed by atoms with van der Waals surface area (Å²) in [7, 11) is 0. The number of carbonyl (C=O) groups is 1. The van der Waals surface area contributed by atoms with Gasteiger partial charge in [0.15, 0.2) is 0 Å². The number of unbranched alkanes of at least 4 members (excludes halogenated alkanes) is 1. The number of hydrogen-bond donors (Lipinski definition) is 3. The van der Waals surface area contributed by atoms with Gasteiger partial charge in [-0.2, -0.15) is 0 Å². The van der Waals surface area contributed by atoms with Crippen LogP contribution in [0.4, 0.5) is 5.82 Å². The number of aromatic nitrogens is 2. The van der Waals surface area contributed by atoms with Crippen LogP contribution in [0.3, 0.4) is 0 Å². The van der Waals surface area contributed by atoms with Crippen molar-refractivity contribution >= 4 is 53.3 Å². The Morgan fingerprint density at radius 2 is 1.79 bits per heavy atom. The Kier molecular flexibility index (Phi) is 11.3.